The summed E-state index contributed by atoms with van der Waals surface area (Å²) in [5, 5.41) is 9.00. The number of rotatable bonds is 7. The minimum atomic E-state index is -3.82. The van der Waals surface area contributed by atoms with Gasteiger partial charge in [0.25, 0.3) is 0 Å². The summed E-state index contributed by atoms with van der Waals surface area (Å²) in [6.07, 6.45) is 1.46. The molecule has 3 aromatic rings. The Morgan fingerprint density at radius 3 is 2.33 bits per heavy atom. The zero-order valence-corrected chi connectivity index (χ0v) is 16.2. The van der Waals surface area contributed by atoms with Crippen molar-refractivity contribution in [3.63, 3.8) is 0 Å². The summed E-state index contributed by atoms with van der Waals surface area (Å²) in [7, 11) is -3.82. The molecule has 1 heterocycles. The van der Waals surface area contributed by atoms with Crippen molar-refractivity contribution in [2.45, 2.75) is 28.0 Å². The largest absolute Gasteiger partial charge is 0.468 e. The molecule has 0 aliphatic carbocycles. The molecule has 5 nitrogen and oxygen atoms in total. The number of hydrogen-bond acceptors (Lipinski definition) is 5. The maximum Gasteiger partial charge on any atom is 0.241 e. The van der Waals surface area contributed by atoms with E-state index in [1.165, 1.54) is 18.0 Å². The zero-order valence-electron chi connectivity index (χ0n) is 14.6. The molecule has 1 N–H and O–H groups in total. The zero-order chi connectivity index (χ0) is 19.3. The molecule has 2 aromatic carbocycles. The fourth-order valence-electron chi connectivity index (χ4n) is 2.50. The number of sulfonamides is 1. The Morgan fingerprint density at radius 2 is 1.74 bits per heavy atom. The van der Waals surface area contributed by atoms with Gasteiger partial charge in [-0.3, -0.25) is 0 Å². The van der Waals surface area contributed by atoms with E-state index < -0.39 is 21.3 Å². The molecular weight excluding hydrogens is 380 g/mol. The lowest BCUT2D eigenvalue weighted by molar-refractivity contribution is 0.450. The molecule has 0 saturated heterocycles. The van der Waals surface area contributed by atoms with Crippen molar-refractivity contribution >= 4 is 21.8 Å². The topological polar surface area (TPSA) is 83.1 Å². The van der Waals surface area contributed by atoms with Crippen molar-refractivity contribution in [3.05, 3.63) is 84.3 Å². The van der Waals surface area contributed by atoms with Crippen molar-refractivity contribution in [3.8, 4) is 6.07 Å². The number of nitrogens with zero attached hydrogens (tertiary/aromatic N) is 1. The second-order valence-corrected chi connectivity index (χ2v) is 8.84. The molecule has 0 amide bonds. The number of aryl methyl sites for hydroxylation is 1. The second-order valence-electron chi connectivity index (χ2n) is 5.91. The Kier molecular flexibility index (Phi) is 6.01. The highest BCUT2D eigenvalue weighted by Gasteiger charge is 2.31. The third kappa shape index (κ3) is 4.80. The predicted molar refractivity (Wildman–Crippen MR) is 105 cm³/mol. The fourth-order valence-corrected chi connectivity index (χ4v) is 4.81. The first-order valence-corrected chi connectivity index (χ1v) is 10.6. The van der Waals surface area contributed by atoms with E-state index in [9.17, 15) is 13.7 Å². The summed E-state index contributed by atoms with van der Waals surface area (Å²) in [6.45, 7) is 1.89. The van der Waals surface area contributed by atoms with E-state index in [2.05, 4.69) is 10.8 Å². The van der Waals surface area contributed by atoms with Crippen molar-refractivity contribution in [2.24, 2.45) is 0 Å². The first-order chi connectivity index (χ1) is 13.0. The standard InChI is InChI=1S/C20H18N2O3S2/c1-15-9-11-17(12-10-15)27(23,24)22-20(18-8-5-13-25-18)19(14-21)26-16-6-3-2-4-7-16/h2-13,19-20,22H,1H3/t19-,20+/m1/s1. The maximum atomic E-state index is 12.9. The van der Waals surface area contributed by atoms with Crippen LogP contribution < -0.4 is 4.72 Å². The van der Waals surface area contributed by atoms with Crippen molar-refractivity contribution in [1.29, 1.82) is 5.26 Å². The SMILES string of the molecule is Cc1ccc(S(=O)(=O)N[C@@H](c2ccco2)[C@@H](C#N)Sc2ccccc2)cc1. The molecule has 0 spiro atoms. The predicted octanol–water partition coefficient (Wildman–Crippen LogP) is 4.29. The van der Waals surface area contributed by atoms with E-state index in [0.29, 0.717) is 5.76 Å². The Hall–Kier alpha value is -2.53. The van der Waals surface area contributed by atoms with Gasteiger partial charge in [-0.2, -0.15) is 9.98 Å². The van der Waals surface area contributed by atoms with Crippen molar-refractivity contribution in [2.75, 3.05) is 0 Å². The van der Waals surface area contributed by atoms with E-state index in [1.54, 1.807) is 36.4 Å². The maximum absolute atomic E-state index is 12.9. The van der Waals surface area contributed by atoms with Crippen molar-refractivity contribution in [1.82, 2.24) is 4.72 Å². The minimum Gasteiger partial charge on any atom is -0.468 e. The smallest absolute Gasteiger partial charge is 0.241 e. The van der Waals surface area contributed by atoms with Crippen LogP contribution in [0.3, 0.4) is 0 Å². The lowest BCUT2D eigenvalue weighted by Gasteiger charge is -2.21. The number of nitrogens with one attached hydrogen (secondary N) is 1. The second kappa shape index (κ2) is 8.44. The van der Waals surface area contributed by atoms with E-state index >= 15 is 0 Å². The van der Waals surface area contributed by atoms with E-state index in [-0.39, 0.29) is 4.90 Å². The molecule has 2 atom stereocenters. The normalized spacial score (nSPS) is 13.6. The summed E-state index contributed by atoms with van der Waals surface area (Å²) < 4.78 is 33.8. The quantitative estimate of drug-likeness (QED) is 0.600. The molecule has 0 bridgehead atoms. The van der Waals surface area contributed by atoms with Gasteiger partial charge < -0.3 is 4.42 Å². The minimum absolute atomic E-state index is 0.144. The lowest BCUT2D eigenvalue weighted by atomic mass is 10.2. The van der Waals surface area contributed by atoms with Gasteiger partial charge in [-0.15, -0.1) is 11.8 Å². The van der Waals surface area contributed by atoms with Crippen LogP contribution in [0.2, 0.25) is 0 Å². The number of hydrogen-bond donors (Lipinski definition) is 1. The van der Waals surface area contributed by atoms with Crippen LogP contribution in [0.1, 0.15) is 17.4 Å². The molecule has 0 unspecified atom stereocenters. The van der Waals surface area contributed by atoms with Gasteiger partial charge in [0.15, 0.2) is 0 Å². The van der Waals surface area contributed by atoms with Crippen LogP contribution in [0.25, 0.3) is 0 Å². The molecular formula is C20H18N2O3S2. The number of furan rings is 1. The molecule has 138 valence electrons. The fraction of sp³-hybridized carbons (Fsp3) is 0.150. The summed E-state index contributed by atoms with van der Waals surface area (Å²) in [5.41, 5.74) is 0.964. The number of thioether (sulfide) groups is 1. The monoisotopic (exact) mass is 398 g/mol. The highest BCUT2D eigenvalue weighted by molar-refractivity contribution is 8.00. The van der Waals surface area contributed by atoms with Gasteiger partial charge in [-0.25, -0.2) is 8.42 Å². The number of benzene rings is 2. The first-order valence-electron chi connectivity index (χ1n) is 8.23. The van der Waals surface area contributed by atoms with Gasteiger partial charge in [-0.05, 0) is 43.3 Å². The molecule has 0 aliphatic rings. The average molecular weight is 399 g/mol. The van der Waals surface area contributed by atoms with Crippen LogP contribution in [0.4, 0.5) is 0 Å². The molecule has 27 heavy (non-hydrogen) atoms. The van der Waals surface area contributed by atoms with Crippen LogP contribution in [0.5, 0.6) is 0 Å². The highest BCUT2D eigenvalue weighted by Crippen LogP contribution is 2.33. The molecule has 0 fully saturated rings. The van der Waals surface area contributed by atoms with Gasteiger partial charge in [-0.1, -0.05) is 35.9 Å². The van der Waals surface area contributed by atoms with E-state index in [4.69, 9.17) is 4.42 Å². The molecule has 0 radical (unpaired) electrons. The third-order valence-corrected chi connectivity index (χ3v) is 6.53. The highest BCUT2D eigenvalue weighted by atomic mass is 32.2. The summed E-state index contributed by atoms with van der Waals surface area (Å²) in [5.74, 6) is 0.390. The average Bonchev–Trinajstić information content (AvgIpc) is 3.20. The van der Waals surface area contributed by atoms with E-state index in [0.717, 1.165) is 10.5 Å². The van der Waals surface area contributed by atoms with Crippen LogP contribution in [0, 0.1) is 18.3 Å². The lowest BCUT2D eigenvalue weighted by Crippen LogP contribution is -2.34. The molecule has 3 rings (SSSR count). The van der Waals surface area contributed by atoms with Crippen LogP contribution in [-0.2, 0) is 10.0 Å². The molecule has 0 saturated carbocycles. The molecule has 1 aromatic heterocycles. The van der Waals surface area contributed by atoms with Crippen LogP contribution in [0.15, 0.2) is 87.2 Å². The van der Waals surface area contributed by atoms with Gasteiger partial charge >= 0.3 is 0 Å². The molecule has 0 aliphatic heterocycles. The van der Waals surface area contributed by atoms with Crippen LogP contribution >= 0.6 is 11.8 Å². The van der Waals surface area contributed by atoms with Crippen molar-refractivity contribution < 1.29 is 12.8 Å². The summed E-state index contributed by atoms with van der Waals surface area (Å²) >= 11 is 1.29. The Morgan fingerprint density at radius 1 is 1.04 bits per heavy atom. The van der Waals surface area contributed by atoms with Gasteiger partial charge in [0.2, 0.25) is 10.0 Å². The van der Waals surface area contributed by atoms with E-state index in [1.807, 2.05) is 37.3 Å². The summed E-state index contributed by atoms with van der Waals surface area (Å²) in [6, 6.07) is 20.6. The Labute approximate surface area is 163 Å². The Balaban J connectivity index is 1.92. The first kappa shape index (κ1) is 19.2. The number of nitriles is 1. The van der Waals surface area contributed by atoms with Gasteiger partial charge in [0.1, 0.15) is 17.1 Å². The van der Waals surface area contributed by atoms with Gasteiger partial charge in [0.05, 0.1) is 17.2 Å². The third-order valence-electron chi connectivity index (χ3n) is 3.90. The molecule has 7 heteroatoms. The van der Waals surface area contributed by atoms with Gasteiger partial charge in [0, 0.05) is 4.90 Å². The van der Waals surface area contributed by atoms with Crippen LogP contribution in [-0.4, -0.2) is 13.7 Å². The Bertz CT molecular complexity index is 1010. The summed E-state index contributed by atoms with van der Waals surface area (Å²) in [4.78, 5) is 1.01.